The van der Waals surface area contributed by atoms with Gasteiger partial charge in [0, 0.05) is 13.0 Å². The van der Waals surface area contributed by atoms with Crippen molar-refractivity contribution in [2.45, 2.75) is 63.4 Å². The molecular formula is C13H21BrN4O. The fourth-order valence-corrected chi connectivity index (χ4v) is 2.38. The van der Waals surface area contributed by atoms with Crippen molar-refractivity contribution in [2.24, 2.45) is 0 Å². The van der Waals surface area contributed by atoms with Crippen LogP contribution in [0.4, 0.5) is 0 Å². The third kappa shape index (κ3) is 3.35. The molecule has 5 nitrogen and oxygen atoms in total. The summed E-state index contributed by atoms with van der Waals surface area (Å²) in [5.41, 5.74) is 0. The Labute approximate surface area is 122 Å². The maximum atomic E-state index is 12.0. The Morgan fingerprint density at radius 3 is 2.79 bits per heavy atom. The van der Waals surface area contributed by atoms with Crippen LogP contribution < -0.4 is 5.32 Å². The quantitative estimate of drug-likeness (QED) is 0.866. The Morgan fingerprint density at radius 2 is 2.11 bits per heavy atom. The lowest BCUT2D eigenvalue weighted by molar-refractivity contribution is -0.123. The van der Waals surface area contributed by atoms with Crippen LogP contribution in [-0.2, 0) is 17.8 Å². The molecule has 6 heteroatoms. The standard InChI is InChI=1S/C13H21BrN4O/c1-9(15-12(19)13(2,3)14)11-17-16-10-7-5-4-6-8-18(10)11/h9H,4-8H2,1-3H3,(H,15,19). The largest absolute Gasteiger partial charge is 0.345 e. The van der Waals surface area contributed by atoms with E-state index in [1.807, 2.05) is 20.8 Å². The summed E-state index contributed by atoms with van der Waals surface area (Å²) in [6.07, 6.45) is 4.55. The lowest BCUT2D eigenvalue weighted by atomic mass is 10.2. The van der Waals surface area contributed by atoms with Gasteiger partial charge in [-0.25, -0.2) is 0 Å². The lowest BCUT2D eigenvalue weighted by Gasteiger charge is -2.20. The molecule has 1 unspecified atom stereocenters. The van der Waals surface area contributed by atoms with Crippen LogP contribution in [0.2, 0.25) is 0 Å². The molecule has 1 amide bonds. The number of aromatic nitrogens is 3. The maximum absolute atomic E-state index is 12.0. The number of halogens is 1. The Kier molecular flexibility index (Phi) is 4.28. The highest BCUT2D eigenvalue weighted by molar-refractivity contribution is 9.10. The van der Waals surface area contributed by atoms with Crippen LogP contribution >= 0.6 is 15.9 Å². The fourth-order valence-electron chi connectivity index (χ4n) is 2.26. The van der Waals surface area contributed by atoms with Crippen molar-refractivity contribution in [3.8, 4) is 0 Å². The second kappa shape index (κ2) is 5.61. The van der Waals surface area contributed by atoms with Gasteiger partial charge in [0.05, 0.1) is 10.4 Å². The predicted octanol–water partition coefficient (Wildman–Crippen LogP) is 2.36. The lowest BCUT2D eigenvalue weighted by Crippen LogP contribution is -2.39. The SMILES string of the molecule is CC(NC(=O)C(C)(C)Br)c1nnc2n1CCCCC2. The first-order valence-electron chi connectivity index (χ1n) is 6.81. The van der Waals surface area contributed by atoms with Crippen molar-refractivity contribution in [2.75, 3.05) is 0 Å². The van der Waals surface area contributed by atoms with Crippen LogP contribution in [0.15, 0.2) is 0 Å². The minimum atomic E-state index is -0.567. The molecule has 0 spiro atoms. The van der Waals surface area contributed by atoms with E-state index in [2.05, 4.69) is 36.0 Å². The van der Waals surface area contributed by atoms with Gasteiger partial charge in [-0.3, -0.25) is 4.79 Å². The van der Waals surface area contributed by atoms with Gasteiger partial charge in [0.1, 0.15) is 5.82 Å². The first-order chi connectivity index (χ1) is 8.89. The van der Waals surface area contributed by atoms with E-state index >= 15 is 0 Å². The highest BCUT2D eigenvalue weighted by Crippen LogP contribution is 2.21. The third-order valence-corrected chi connectivity index (χ3v) is 3.77. The number of carbonyl (C=O) groups is 1. The van der Waals surface area contributed by atoms with Crippen LogP contribution in [0.3, 0.4) is 0 Å². The third-order valence-electron chi connectivity index (χ3n) is 3.41. The molecule has 0 radical (unpaired) electrons. The van der Waals surface area contributed by atoms with Crippen molar-refractivity contribution in [3.63, 3.8) is 0 Å². The van der Waals surface area contributed by atoms with Crippen molar-refractivity contribution in [3.05, 3.63) is 11.6 Å². The van der Waals surface area contributed by atoms with Crippen molar-refractivity contribution < 1.29 is 4.79 Å². The summed E-state index contributed by atoms with van der Waals surface area (Å²) in [6, 6.07) is -0.122. The first-order valence-corrected chi connectivity index (χ1v) is 7.61. The van der Waals surface area contributed by atoms with E-state index in [4.69, 9.17) is 0 Å². The van der Waals surface area contributed by atoms with Gasteiger partial charge >= 0.3 is 0 Å². The van der Waals surface area contributed by atoms with Gasteiger partial charge in [-0.1, -0.05) is 22.4 Å². The van der Waals surface area contributed by atoms with Gasteiger partial charge in [-0.2, -0.15) is 0 Å². The zero-order valence-corrected chi connectivity index (χ0v) is 13.3. The monoisotopic (exact) mass is 328 g/mol. The topological polar surface area (TPSA) is 59.8 Å². The number of fused-ring (bicyclic) bond motifs is 1. The van der Waals surface area contributed by atoms with Gasteiger partial charge in [0.25, 0.3) is 0 Å². The summed E-state index contributed by atoms with van der Waals surface area (Å²) in [5.74, 6) is 1.87. The summed E-state index contributed by atoms with van der Waals surface area (Å²) < 4.78 is 1.60. The van der Waals surface area contributed by atoms with Crippen molar-refractivity contribution in [1.82, 2.24) is 20.1 Å². The number of rotatable bonds is 3. The van der Waals surface area contributed by atoms with Crippen LogP contribution in [-0.4, -0.2) is 25.0 Å². The van der Waals surface area contributed by atoms with E-state index in [-0.39, 0.29) is 11.9 Å². The Bertz CT molecular complexity index is 464. The van der Waals surface area contributed by atoms with Gasteiger partial charge in [-0.05, 0) is 33.6 Å². The summed E-state index contributed by atoms with van der Waals surface area (Å²) in [5, 5.41) is 11.5. The van der Waals surface area contributed by atoms with Crippen LogP contribution in [0.1, 0.15) is 57.7 Å². The van der Waals surface area contributed by atoms with E-state index in [9.17, 15) is 4.79 Å². The van der Waals surface area contributed by atoms with E-state index in [0.29, 0.717) is 0 Å². The molecule has 1 atom stereocenters. The van der Waals surface area contributed by atoms with E-state index in [1.54, 1.807) is 0 Å². The molecule has 0 aliphatic carbocycles. The second-order valence-electron chi connectivity index (χ2n) is 5.60. The zero-order chi connectivity index (χ0) is 14.0. The number of nitrogens with zero attached hydrogens (tertiary/aromatic N) is 3. The molecule has 0 fully saturated rings. The highest BCUT2D eigenvalue weighted by atomic mass is 79.9. The number of hydrogen-bond donors (Lipinski definition) is 1. The van der Waals surface area contributed by atoms with E-state index < -0.39 is 4.32 Å². The number of alkyl halides is 1. The summed E-state index contributed by atoms with van der Waals surface area (Å²) in [4.78, 5) is 12.0. The number of carbonyl (C=O) groups excluding carboxylic acids is 1. The molecule has 0 aromatic carbocycles. The fraction of sp³-hybridized carbons (Fsp3) is 0.769. The minimum Gasteiger partial charge on any atom is -0.345 e. The number of amides is 1. The van der Waals surface area contributed by atoms with Crippen molar-refractivity contribution in [1.29, 1.82) is 0 Å². The molecule has 1 aliphatic rings. The Morgan fingerprint density at radius 1 is 1.37 bits per heavy atom. The molecule has 1 N–H and O–H groups in total. The molecule has 0 saturated heterocycles. The molecule has 106 valence electrons. The molecular weight excluding hydrogens is 308 g/mol. The van der Waals surface area contributed by atoms with Crippen LogP contribution in [0.5, 0.6) is 0 Å². The molecule has 2 rings (SSSR count). The Balaban J connectivity index is 2.14. The summed E-state index contributed by atoms with van der Waals surface area (Å²) >= 11 is 3.37. The number of hydrogen-bond acceptors (Lipinski definition) is 3. The second-order valence-corrected chi connectivity index (χ2v) is 7.59. The van der Waals surface area contributed by atoms with Crippen molar-refractivity contribution >= 4 is 21.8 Å². The predicted molar refractivity (Wildman–Crippen MR) is 77.1 cm³/mol. The van der Waals surface area contributed by atoms with E-state index in [0.717, 1.165) is 31.0 Å². The average Bonchev–Trinajstić information content (AvgIpc) is 2.57. The zero-order valence-electron chi connectivity index (χ0n) is 11.7. The highest BCUT2D eigenvalue weighted by Gasteiger charge is 2.27. The normalized spacial score (nSPS) is 17.5. The minimum absolute atomic E-state index is 0.0361. The molecule has 19 heavy (non-hydrogen) atoms. The van der Waals surface area contributed by atoms with E-state index in [1.165, 1.54) is 12.8 Å². The smallest absolute Gasteiger partial charge is 0.236 e. The summed E-state index contributed by atoms with van der Waals surface area (Å²) in [7, 11) is 0. The molecule has 0 bridgehead atoms. The maximum Gasteiger partial charge on any atom is 0.236 e. The van der Waals surface area contributed by atoms with Gasteiger partial charge in [-0.15, -0.1) is 10.2 Å². The molecule has 1 aliphatic heterocycles. The number of aryl methyl sites for hydroxylation is 1. The van der Waals surface area contributed by atoms with Crippen LogP contribution in [0.25, 0.3) is 0 Å². The average molecular weight is 329 g/mol. The molecule has 1 aromatic rings. The summed E-state index contributed by atoms with van der Waals surface area (Å²) in [6.45, 7) is 6.58. The van der Waals surface area contributed by atoms with Gasteiger partial charge in [0.15, 0.2) is 5.82 Å². The number of nitrogens with one attached hydrogen (secondary N) is 1. The van der Waals surface area contributed by atoms with Gasteiger partial charge in [0.2, 0.25) is 5.91 Å². The molecule has 0 saturated carbocycles. The molecule has 2 heterocycles. The van der Waals surface area contributed by atoms with Gasteiger partial charge < -0.3 is 9.88 Å². The van der Waals surface area contributed by atoms with Crippen LogP contribution in [0, 0.1) is 0 Å². The first kappa shape index (κ1) is 14.5. The molecule has 1 aromatic heterocycles. The Hall–Kier alpha value is -0.910.